The maximum absolute atomic E-state index is 11.7. The standard InChI is InChI=1S/C11H17N3O2/c1-7-6-12-10(16-7)8(2)13-9-4-5-14(3)11(9)15/h6,8-9,13H,4-5H2,1-3H3. The number of carbonyl (C=O) groups excluding carboxylic acids is 1. The summed E-state index contributed by atoms with van der Waals surface area (Å²) in [7, 11) is 1.82. The smallest absolute Gasteiger partial charge is 0.239 e. The fourth-order valence-electron chi connectivity index (χ4n) is 1.92. The summed E-state index contributed by atoms with van der Waals surface area (Å²) in [5.41, 5.74) is 0. The number of likely N-dealkylation sites (tertiary alicyclic amines) is 1. The summed E-state index contributed by atoms with van der Waals surface area (Å²) in [4.78, 5) is 17.6. The zero-order valence-corrected chi connectivity index (χ0v) is 9.86. The molecule has 0 spiro atoms. The zero-order chi connectivity index (χ0) is 11.7. The maximum Gasteiger partial charge on any atom is 0.239 e. The van der Waals surface area contributed by atoms with Crippen LogP contribution in [0.1, 0.15) is 31.0 Å². The van der Waals surface area contributed by atoms with Crippen LogP contribution in [-0.2, 0) is 4.79 Å². The van der Waals surface area contributed by atoms with Crippen LogP contribution in [0, 0.1) is 6.92 Å². The molecule has 5 nitrogen and oxygen atoms in total. The van der Waals surface area contributed by atoms with E-state index in [1.54, 1.807) is 11.1 Å². The van der Waals surface area contributed by atoms with Crippen LogP contribution in [0.2, 0.25) is 0 Å². The van der Waals surface area contributed by atoms with Gasteiger partial charge in [0, 0.05) is 13.6 Å². The fraction of sp³-hybridized carbons (Fsp3) is 0.636. The number of oxazole rings is 1. The minimum atomic E-state index is -0.104. The molecule has 2 rings (SSSR count). The second kappa shape index (κ2) is 4.25. The highest BCUT2D eigenvalue weighted by atomic mass is 16.4. The molecule has 1 saturated heterocycles. The largest absolute Gasteiger partial charge is 0.444 e. The van der Waals surface area contributed by atoms with Crippen molar-refractivity contribution >= 4 is 5.91 Å². The number of hydrogen-bond donors (Lipinski definition) is 1. The topological polar surface area (TPSA) is 58.4 Å². The molecule has 16 heavy (non-hydrogen) atoms. The summed E-state index contributed by atoms with van der Waals surface area (Å²) in [6, 6.07) is -0.138. The Morgan fingerprint density at radius 3 is 2.94 bits per heavy atom. The van der Waals surface area contributed by atoms with E-state index in [9.17, 15) is 4.79 Å². The van der Waals surface area contributed by atoms with Crippen LogP contribution in [0.3, 0.4) is 0 Å². The van der Waals surface area contributed by atoms with Crippen LogP contribution in [-0.4, -0.2) is 35.4 Å². The van der Waals surface area contributed by atoms with Gasteiger partial charge in [-0.25, -0.2) is 4.98 Å². The summed E-state index contributed by atoms with van der Waals surface area (Å²) in [6.07, 6.45) is 2.54. The molecule has 1 fully saturated rings. The minimum absolute atomic E-state index is 0.0332. The molecule has 1 aromatic heterocycles. The molecule has 1 N–H and O–H groups in total. The molecule has 1 aliphatic rings. The SMILES string of the molecule is Cc1cnc(C(C)NC2CCN(C)C2=O)o1. The molecule has 2 unspecified atom stereocenters. The van der Waals surface area contributed by atoms with Crippen molar-refractivity contribution in [2.75, 3.05) is 13.6 Å². The Morgan fingerprint density at radius 2 is 2.44 bits per heavy atom. The first-order valence-electron chi connectivity index (χ1n) is 5.51. The normalized spacial score (nSPS) is 22.8. The Labute approximate surface area is 94.8 Å². The number of amides is 1. The first-order chi connectivity index (χ1) is 7.58. The molecule has 2 atom stereocenters. The summed E-state index contributed by atoms with van der Waals surface area (Å²) in [5, 5.41) is 3.24. The Morgan fingerprint density at radius 1 is 1.69 bits per heavy atom. The molecule has 88 valence electrons. The molecular weight excluding hydrogens is 206 g/mol. The average Bonchev–Trinajstić information content (AvgIpc) is 2.79. The minimum Gasteiger partial charge on any atom is -0.444 e. The van der Waals surface area contributed by atoms with Gasteiger partial charge in [-0.1, -0.05) is 0 Å². The summed E-state index contributed by atoms with van der Waals surface area (Å²) in [5.74, 6) is 1.58. The van der Waals surface area contributed by atoms with Crippen molar-refractivity contribution in [3.8, 4) is 0 Å². The lowest BCUT2D eigenvalue weighted by atomic mass is 10.2. The van der Waals surface area contributed by atoms with Crippen LogP contribution < -0.4 is 5.32 Å². The highest BCUT2D eigenvalue weighted by Gasteiger charge is 2.30. The van der Waals surface area contributed by atoms with Gasteiger partial charge in [-0.15, -0.1) is 0 Å². The van der Waals surface area contributed by atoms with Gasteiger partial charge in [-0.2, -0.15) is 0 Å². The predicted octanol–water partition coefficient (Wildman–Crippen LogP) is 0.864. The molecule has 1 aliphatic heterocycles. The number of hydrogen-bond acceptors (Lipinski definition) is 4. The van der Waals surface area contributed by atoms with E-state index >= 15 is 0 Å². The molecule has 2 heterocycles. The van der Waals surface area contributed by atoms with Gasteiger partial charge < -0.3 is 9.32 Å². The van der Waals surface area contributed by atoms with Gasteiger partial charge in [0.25, 0.3) is 0 Å². The molecule has 0 bridgehead atoms. The van der Waals surface area contributed by atoms with Crippen molar-refractivity contribution in [3.63, 3.8) is 0 Å². The van der Waals surface area contributed by atoms with Crippen LogP contribution in [0.15, 0.2) is 10.6 Å². The molecular formula is C11H17N3O2. The molecule has 0 aromatic carbocycles. The highest BCUT2D eigenvalue weighted by Crippen LogP contribution is 2.16. The Hall–Kier alpha value is -1.36. The van der Waals surface area contributed by atoms with Crippen LogP contribution in [0.4, 0.5) is 0 Å². The highest BCUT2D eigenvalue weighted by molar-refractivity contribution is 5.83. The number of nitrogens with one attached hydrogen (secondary N) is 1. The van der Waals surface area contributed by atoms with Gasteiger partial charge in [0.15, 0.2) is 0 Å². The van der Waals surface area contributed by atoms with Crippen molar-refractivity contribution in [3.05, 3.63) is 17.8 Å². The lowest BCUT2D eigenvalue weighted by Gasteiger charge is -2.15. The summed E-state index contributed by atoms with van der Waals surface area (Å²) >= 11 is 0. The molecule has 1 amide bonds. The van der Waals surface area contributed by atoms with Crippen molar-refractivity contribution in [1.82, 2.24) is 15.2 Å². The van der Waals surface area contributed by atoms with Crippen LogP contribution in [0.5, 0.6) is 0 Å². The van der Waals surface area contributed by atoms with Crippen molar-refractivity contribution in [1.29, 1.82) is 0 Å². The van der Waals surface area contributed by atoms with Gasteiger partial charge in [0.2, 0.25) is 11.8 Å². The van der Waals surface area contributed by atoms with E-state index in [1.165, 1.54) is 0 Å². The van der Waals surface area contributed by atoms with Gasteiger partial charge >= 0.3 is 0 Å². The van der Waals surface area contributed by atoms with Gasteiger partial charge in [-0.05, 0) is 20.3 Å². The molecule has 0 radical (unpaired) electrons. The number of nitrogens with zero attached hydrogens (tertiary/aromatic N) is 2. The lowest BCUT2D eigenvalue weighted by Crippen LogP contribution is -2.38. The zero-order valence-electron chi connectivity index (χ0n) is 9.86. The first kappa shape index (κ1) is 11.1. The van der Waals surface area contributed by atoms with E-state index in [1.807, 2.05) is 20.9 Å². The number of likely N-dealkylation sites (N-methyl/N-ethyl adjacent to an activating group) is 1. The van der Waals surface area contributed by atoms with Crippen LogP contribution >= 0.6 is 0 Å². The molecule has 1 aromatic rings. The van der Waals surface area contributed by atoms with Gasteiger partial charge in [-0.3, -0.25) is 10.1 Å². The number of rotatable bonds is 3. The monoisotopic (exact) mass is 223 g/mol. The van der Waals surface area contributed by atoms with Crippen molar-refractivity contribution in [2.24, 2.45) is 0 Å². The molecule has 0 aliphatic carbocycles. The Balaban J connectivity index is 1.97. The Bertz CT molecular complexity index is 388. The van der Waals surface area contributed by atoms with E-state index in [2.05, 4.69) is 10.3 Å². The lowest BCUT2D eigenvalue weighted by molar-refractivity contribution is -0.128. The number of carbonyl (C=O) groups is 1. The third-order valence-electron chi connectivity index (χ3n) is 2.89. The quantitative estimate of drug-likeness (QED) is 0.825. The van der Waals surface area contributed by atoms with Crippen LogP contribution in [0.25, 0.3) is 0 Å². The second-order valence-electron chi connectivity index (χ2n) is 4.30. The number of aryl methyl sites for hydroxylation is 1. The molecule has 0 saturated carbocycles. The third-order valence-corrected chi connectivity index (χ3v) is 2.89. The van der Waals surface area contributed by atoms with Gasteiger partial charge in [0.05, 0.1) is 18.3 Å². The Kier molecular flexibility index (Phi) is 2.96. The second-order valence-corrected chi connectivity index (χ2v) is 4.30. The number of aromatic nitrogens is 1. The van der Waals surface area contributed by atoms with Crippen molar-refractivity contribution in [2.45, 2.75) is 32.4 Å². The van der Waals surface area contributed by atoms with E-state index < -0.39 is 0 Å². The van der Waals surface area contributed by atoms with E-state index in [-0.39, 0.29) is 18.0 Å². The van der Waals surface area contributed by atoms with E-state index in [0.717, 1.165) is 18.7 Å². The molecule has 5 heteroatoms. The van der Waals surface area contributed by atoms with Gasteiger partial charge in [0.1, 0.15) is 5.76 Å². The first-order valence-corrected chi connectivity index (χ1v) is 5.51. The summed E-state index contributed by atoms with van der Waals surface area (Å²) in [6.45, 7) is 4.63. The fourth-order valence-corrected chi connectivity index (χ4v) is 1.92. The third kappa shape index (κ3) is 2.09. The summed E-state index contributed by atoms with van der Waals surface area (Å²) < 4.78 is 5.42. The predicted molar refractivity (Wildman–Crippen MR) is 58.8 cm³/mol. The van der Waals surface area contributed by atoms with Crippen molar-refractivity contribution < 1.29 is 9.21 Å². The average molecular weight is 223 g/mol. The maximum atomic E-state index is 11.7. The van der Waals surface area contributed by atoms with E-state index in [0.29, 0.717) is 5.89 Å². The van der Waals surface area contributed by atoms with E-state index in [4.69, 9.17) is 4.42 Å².